The molecule has 2 aromatic rings. The van der Waals surface area contributed by atoms with Crippen molar-refractivity contribution in [1.29, 1.82) is 0 Å². The van der Waals surface area contributed by atoms with E-state index in [2.05, 4.69) is 19.2 Å². The van der Waals surface area contributed by atoms with Gasteiger partial charge in [0.2, 0.25) is 0 Å². The van der Waals surface area contributed by atoms with Crippen molar-refractivity contribution in [1.82, 2.24) is 4.90 Å². The first kappa shape index (κ1) is 21.0. The van der Waals surface area contributed by atoms with Gasteiger partial charge in [0, 0.05) is 30.4 Å². The monoisotopic (exact) mass is 391 g/mol. The highest BCUT2D eigenvalue weighted by Gasteiger charge is 2.35. The van der Waals surface area contributed by atoms with Crippen LogP contribution in [0.25, 0.3) is 0 Å². The van der Waals surface area contributed by atoms with Crippen molar-refractivity contribution in [2.24, 2.45) is 11.1 Å². The van der Waals surface area contributed by atoms with Gasteiger partial charge in [-0.3, -0.25) is 9.59 Å². The number of hydrogen-bond acceptors (Lipinski definition) is 4. The highest BCUT2D eigenvalue weighted by Crippen LogP contribution is 2.29. The van der Waals surface area contributed by atoms with Gasteiger partial charge in [0.05, 0.1) is 6.26 Å². The molecule has 146 valence electrons. The molecule has 1 fully saturated rings. The number of carbonyl (C=O) groups is 2. The summed E-state index contributed by atoms with van der Waals surface area (Å²) in [5.41, 5.74) is 8.08. The molecular weight excluding hydrogens is 366 g/mol. The molecule has 0 radical (unpaired) electrons. The Morgan fingerprint density at radius 2 is 2.04 bits per heavy atom. The molecule has 0 spiro atoms. The molecule has 1 aromatic carbocycles. The Kier molecular flexibility index (Phi) is 6.34. The van der Waals surface area contributed by atoms with Crippen molar-refractivity contribution in [2.45, 2.75) is 33.2 Å². The molecule has 3 rings (SSSR count). The van der Waals surface area contributed by atoms with Gasteiger partial charge < -0.3 is 20.4 Å². The molecule has 0 aliphatic carbocycles. The van der Waals surface area contributed by atoms with Crippen LogP contribution in [-0.2, 0) is 0 Å². The van der Waals surface area contributed by atoms with Crippen molar-refractivity contribution >= 4 is 29.9 Å². The lowest BCUT2D eigenvalue weighted by molar-refractivity contribution is 0.0533. The third kappa shape index (κ3) is 4.51. The smallest absolute Gasteiger partial charge is 0.291 e. The normalized spacial score (nSPS) is 18.5. The lowest BCUT2D eigenvalue weighted by Gasteiger charge is -2.42. The first-order chi connectivity index (χ1) is 12.3. The van der Waals surface area contributed by atoms with E-state index in [-0.39, 0.29) is 41.4 Å². The molecule has 27 heavy (non-hydrogen) atoms. The molecule has 6 nitrogen and oxygen atoms in total. The highest BCUT2D eigenvalue weighted by atomic mass is 35.5. The number of benzene rings is 1. The Morgan fingerprint density at radius 1 is 1.30 bits per heavy atom. The van der Waals surface area contributed by atoms with Gasteiger partial charge in [-0.1, -0.05) is 19.9 Å². The fraction of sp³-hybridized carbons (Fsp3) is 0.400. The number of piperidine rings is 1. The maximum atomic E-state index is 12.9. The SMILES string of the molecule is Cc1ccc(C(=O)N2CCC(N)C(C)(C)C2)cc1NC(=O)c1ccco1.Cl. The van der Waals surface area contributed by atoms with Gasteiger partial charge in [-0.25, -0.2) is 0 Å². The van der Waals surface area contributed by atoms with Crippen molar-refractivity contribution in [3.63, 3.8) is 0 Å². The largest absolute Gasteiger partial charge is 0.459 e. The average Bonchev–Trinajstić information content (AvgIpc) is 3.13. The lowest BCUT2D eigenvalue weighted by Crippen LogP contribution is -2.54. The van der Waals surface area contributed by atoms with E-state index in [0.29, 0.717) is 24.3 Å². The van der Waals surface area contributed by atoms with E-state index in [0.717, 1.165) is 12.0 Å². The molecule has 0 bridgehead atoms. The van der Waals surface area contributed by atoms with Crippen LogP contribution in [-0.4, -0.2) is 35.8 Å². The summed E-state index contributed by atoms with van der Waals surface area (Å²) in [4.78, 5) is 27.0. The summed E-state index contributed by atoms with van der Waals surface area (Å²) in [5.74, 6) is -0.154. The Labute approximate surface area is 165 Å². The molecule has 1 saturated heterocycles. The van der Waals surface area contributed by atoms with Gasteiger partial charge >= 0.3 is 0 Å². The molecule has 1 aromatic heterocycles. The summed E-state index contributed by atoms with van der Waals surface area (Å²) < 4.78 is 5.11. The summed E-state index contributed by atoms with van der Waals surface area (Å²) in [6, 6.07) is 8.70. The Balaban J connectivity index is 0.00000261. The number of nitrogens with two attached hydrogens (primary N) is 1. The van der Waals surface area contributed by atoms with E-state index in [1.165, 1.54) is 6.26 Å². The summed E-state index contributed by atoms with van der Waals surface area (Å²) in [6.45, 7) is 7.32. The van der Waals surface area contributed by atoms with Crippen LogP contribution in [0, 0.1) is 12.3 Å². The predicted octanol–water partition coefficient (Wildman–Crippen LogP) is 3.46. The number of hydrogen-bond donors (Lipinski definition) is 2. The van der Waals surface area contributed by atoms with Crippen LogP contribution in [0.2, 0.25) is 0 Å². The number of furan rings is 1. The number of aryl methyl sites for hydroxylation is 1. The van der Waals surface area contributed by atoms with Gasteiger partial charge in [-0.15, -0.1) is 12.4 Å². The minimum absolute atomic E-state index is 0. The van der Waals surface area contributed by atoms with Gasteiger partial charge in [-0.05, 0) is 48.6 Å². The first-order valence-corrected chi connectivity index (χ1v) is 8.78. The summed E-state index contributed by atoms with van der Waals surface area (Å²) in [6.07, 6.45) is 2.23. The van der Waals surface area contributed by atoms with Crippen LogP contribution in [0.3, 0.4) is 0 Å². The molecule has 1 unspecified atom stereocenters. The maximum absolute atomic E-state index is 12.9. The lowest BCUT2D eigenvalue weighted by atomic mass is 9.79. The van der Waals surface area contributed by atoms with E-state index < -0.39 is 0 Å². The summed E-state index contributed by atoms with van der Waals surface area (Å²) in [5, 5.41) is 2.81. The second-order valence-electron chi connectivity index (χ2n) is 7.57. The van der Waals surface area contributed by atoms with Crippen LogP contribution in [0.4, 0.5) is 5.69 Å². The summed E-state index contributed by atoms with van der Waals surface area (Å²) in [7, 11) is 0. The second kappa shape index (κ2) is 8.15. The zero-order valence-corrected chi connectivity index (χ0v) is 16.6. The quantitative estimate of drug-likeness (QED) is 0.838. The van der Waals surface area contributed by atoms with Gasteiger partial charge in [0.1, 0.15) is 0 Å². The number of amides is 2. The number of nitrogens with one attached hydrogen (secondary N) is 1. The Hall–Kier alpha value is -2.31. The van der Waals surface area contributed by atoms with Gasteiger partial charge in [-0.2, -0.15) is 0 Å². The molecule has 7 heteroatoms. The molecule has 3 N–H and O–H groups in total. The van der Waals surface area contributed by atoms with Crippen LogP contribution >= 0.6 is 12.4 Å². The number of likely N-dealkylation sites (tertiary alicyclic amines) is 1. The third-order valence-electron chi connectivity index (χ3n) is 5.08. The predicted molar refractivity (Wildman–Crippen MR) is 107 cm³/mol. The number of nitrogens with zero attached hydrogens (tertiary/aromatic N) is 1. The first-order valence-electron chi connectivity index (χ1n) is 8.78. The number of carbonyl (C=O) groups excluding carboxylic acids is 2. The van der Waals surface area contributed by atoms with Crippen molar-refractivity contribution < 1.29 is 14.0 Å². The van der Waals surface area contributed by atoms with Gasteiger partial charge in [0.15, 0.2) is 5.76 Å². The molecule has 1 atom stereocenters. The van der Waals surface area contributed by atoms with Crippen LogP contribution < -0.4 is 11.1 Å². The minimum Gasteiger partial charge on any atom is -0.459 e. The highest BCUT2D eigenvalue weighted by molar-refractivity contribution is 6.04. The van der Waals surface area contributed by atoms with Crippen LogP contribution in [0.15, 0.2) is 41.0 Å². The number of rotatable bonds is 3. The van der Waals surface area contributed by atoms with Gasteiger partial charge in [0.25, 0.3) is 11.8 Å². The fourth-order valence-corrected chi connectivity index (χ4v) is 3.21. The van der Waals surface area contributed by atoms with Crippen molar-refractivity contribution in [3.8, 4) is 0 Å². The molecular formula is C20H26ClN3O3. The van der Waals surface area contributed by atoms with Crippen LogP contribution in [0.1, 0.15) is 46.7 Å². The zero-order chi connectivity index (χ0) is 18.9. The molecule has 2 amide bonds. The zero-order valence-electron chi connectivity index (χ0n) is 15.8. The molecule has 0 saturated carbocycles. The average molecular weight is 392 g/mol. The van der Waals surface area contributed by atoms with Crippen LogP contribution in [0.5, 0.6) is 0 Å². The van der Waals surface area contributed by atoms with E-state index >= 15 is 0 Å². The van der Waals surface area contributed by atoms with E-state index in [4.69, 9.17) is 10.2 Å². The molecule has 1 aliphatic rings. The Bertz CT molecular complexity index is 818. The second-order valence-corrected chi connectivity index (χ2v) is 7.57. The minimum atomic E-state index is -0.340. The summed E-state index contributed by atoms with van der Waals surface area (Å²) >= 11 is 0. The number of halogens is 1. The maximum Gasteiger partial charge on any atom is 0.291 e. The van der Waals surface area contributed by atoms with Crippen molar-refractivity contribution in [3.05, 3.63) is 53.5 Å². The molecule has 1 aliphatic heterocycles. The number of anilines is 1. The van der Waals surface area contributed by atoms with E-state index in [9.17, 15) is 9.59 Å². The van der Waals surface area contributed by atoms with Crippen molar-refractivity contribution in [2.75, 3.05) is 18.4 Å². The molecule has 2 heterocycles. The van der Waals surface area contributed by atoms with E-state index in [1.54, 1.807) is 24.3 Å². The third-order valence-corrected chi connectivity index (χ3v) is 5.08. The van der Waals surface area contributed by atoms with E-state index in [1.807, 2.05) is 17.9 Å². The standard InChI is InChI=1S/C20H25N3O3.ClH/c1-13-6-7-14(11-15(13)22-18(24)16-5-4-10-26-16)19(25)23-9-8-17(21)20(2,3)12-23;/h4-7,10-11,17H,8-9,12,21H2,1-3H3,(H,22,24);1H. The fourth-order valence-electron chi connectivity index (χ4n) is 3.21. The Morgan fingerprint density at radius 3 is 2.67 bits per heavy atom. The topological polar surface area (TPSA) is 88.6 Å².